The molecule has 3 aromatic rings. The fourth-order valence-corrected chi connectivity index (χ4v) is 4.34. The lowest BCUT2D eigenvalue weighted by atomic mass is 9.98. The monoisotopic (exact) mass is 666 g/mol. The van der Waals surface area contributed by atoms with Crippen molar-refractivity contribution < 1.29 is 74.2 Å². The molecule has 0 aromatic heterocycles. The zero-order chi connectivity index (χ0) is 35.0. The van der Waals surface area contributed by atoms with Gasteiger partial charge in [-0.15, -0.1) is 0 Å². The van der Waals surface area contributed by atoms with Gasteiger partial charge in [0.15, 0.2) is 52.8 Å². The number of phenols is 6. The molecule has 1 saturated heterocycles. The number of aliphatic hydroxyl groups is 2. The van der Waals surface area contributed by atoms with E-state index in [0.717, 1.165) is 36.4 Å². The number of aliphatic hydroxyl groups excluding tert-OH is 2. The van der Waals surface area contributed by atoms with Gasteiger partial charge in [0.2, 0.25) is 6.29 Å². The second-order valence-corrected chi connectivity index (χ2v) is 10.2. The average Bonchev–Trinajstić information content (AvgIpc) is 3.05. The molecular formula is C33H30O15. The standard InChI is InChI=1S/C33H30O15/c34-16-26-31(46-27(41)10-4-17-1-7-20(35)23(38)13-17)32(47-28(42)11-5-18-2-8-21(36)24(39)14-18)30(44)33(45-26)48-29(43)12-6-19-3-9-22(37)25(40)15-19/h1-15,26,30-40,44H,16H2. The highest BCUT2D eigenvalue weighted by molar-refractivity contribution is 5.89. The van der Waals surface area contributed by atoms with Crippen LogP contribution < -0.4 is 0 Å². The van der Waals surface area contributed by atoms with Crippen LogP contribution in [0, 0.1) is 0 Å². The van der Waals surface area contributed by atoms with Gasteiger partial charge in [0.1, 0.15) is 6.10 Å². The summed E-state index contributed by atoms with van der Waals surface area (Å²) < 4.78 is 21.4. The Labute approximate surface area is 271 Å². The van der Waals surface area contributed by atoms with Crippen LogP contribution in [0.2, 0.25) is 0 Å². The van der Waals surface area contributed by atoms with Gasteiger partial charge in [0.25, 0.3) is 0 Å². The minimum atomic E-state index is -1.98. The first-order valence-corrected chi connectivity index (χ1v) is 14.0. The van der Waals surface area contributed by atoms with Crippen molar-refractivity contribution in [1.29, 1.82) is 0 Å². The maximum absolute atomic E-state index is 12.8. The summed E-state index contributed by atoms with van der Waals surface area (Å²) in [6, 6.07) is 11.1. The van der Waals surface area contributed by atoms with Crippen LogP contribution in [-0.2, 0) is 33.3 Å². The first-order chi connectivity index (χ1) is 22.8. The third-order valence-electron chi connectivity index (χ3n) is 6.77. The van der Waals surface area contributed by atoms with E-state index in [1.54, 1.807) is 0 Å². The molecule has 0 radical (unpaired) electrons. The molecule has 1 fully saturated rings. The first kappa shape index (κ1) is 34.8. The van der Waals surface area contributed by atoms with E-state index < -0.39 is 78.2 Å². The lowest BCUT2D eigenvalue weighted by Crippen LogP contribution is -2.61. The third kappa shape index (κ3) is 9.03. The quantitative estimate of drug-likeness (QED) is 0.0665. The summed E-state index contributed by atoms with van der Waals surface area (Å²) in [6.07, 6.45) is -2.41. The molecule has 0 bridgehead atoms. The van der Waals surface area contributed by atoms with Crippen molar-refractivity contribution in [3.05, 3.63) is 89.5 Å². The van der Waals surface area contributed by atoms with Crippen LogP contribution in [0.3, 0.4) is 0 Å². The molecule has 0 saturated carbocycles. The number of hydrogen-bond acceptors (Lipinski definition) is 15. The van der Waals surface area contributed by atoms with E-state index in [1.807, 2.05) is 0 Å². The van der Waals surface area contributed by atoms with Crippen LogP contribution >= 0.6 is 0 Å². The molecule has 5 atom stereocenters. The number of ether oxygens (including phenoxy) is 4. The van der Waals surface area contributed by atoms with Gasteiger partial charge in [-0.3, -0.25) is 0 Å². The van der Waals surface area contributed by atoms with E-state index in [9.17, 15) is 55.2 Å². The number of rotatable bonds is 10. The largest absolute Gasteiger partial charge is 0.504 e. The summed E-state index contributed by atoms with van der Waals surface area (Å²) in [5.74, 6) is -5.75. The van der Waals surface area contributed by atoms with Gasteiger partial charge < -0.3 is 59.8 Å². The number of phenolic OH excluding ortho intramolecular Hbond substituents is 6. The Kier molecular flexibility index (Phi) is 11.3. The molecule has 4 rings (SSSR count). The van der Waals surface area contributed by atoms with Crippen LogP contribution in [0.25, 0.3) is 18.2 Å². The predicted molar refractivity (Wildman–Crippen MR) is 164 cm³/mol. The highest BCUT2D eigenvalue weighted by atomic mass is 16.7. The molecule has 5 unspecified atom stereocenters. The number of benzene rings is 3. The number of aromatic hydroxyl groups is 6. The highest BCUT2D eigenvalue weighted by Crippen LogP contribution is 2.30. The van der Waals surface area contributed by atoms with E-state index in [2.05, 4.69) is 0 Å². The van der Waals surface area contributed by atoms with Gasteiger partial charge in [-0.25, -0.2) is 14.4 Å². The molecule has 1 aliphatic rings. The fourth-order valence-electron chi connectivity index (χ4n) is 4.34. The highest BCUT2D eigenvalue weighted by Gasteiger charge is 2.50. The van der Waals surface area contributed by atoms with Crippen LogP contribution in [0.1, 0.15) is 16.7 Å². The van der Waals surface area contributed by atoms with Crippen molar-refractivity contribution in [2.75, 3.05) is 6.61 Å². The molecule has 8 N–H and O–H groups in total. The van der Waals surface area contributed by atoms with Gasteiger partial charge in [-0.05, 0) is 71.3 Å². The minimum Gasteiger partial charge on any atom is -0.504 e. The third-order valence-corrected chi connectivity index (χ3v) is 6.77. The minimum absolute atomic E-state index is 0.275. The molecule has 0 aliphatic carbocycles. The van der Waals surface area contributed by atoms with Gasteiger partial charge in [-0.1, -0.05) is 18.2 Å². The van der Waals surface area contributed by atoms with E-state index in [1.165, 1.54) is 54.6 Å². The maximum Gasteiger partial charge on any atom is 0.333 e. The van der Waals surface area contributed by atoms with Crippen molar-refractivity contribution >= 4 is 36.1 Å². The Balaban J connectivity index is 1.54. The van der Waals surface area contributed by atoms with Crippen molar-refractivity contribution in [1.82, 2.24) is 0 Å². The molecule has 1 aliphatic heterocycles. The lowest BCUT2D eigenvalue weighted by molar-refractivity contribution is -0.295. The van der Waals surface area contributed by atoms with Gasteiger partial charge in [0.05, 0.1) is 6.61 Å². The van der Waals surface area contributed by atoms with Crippen LogP contribution in [-0.4, -0.2) is 96.1 Å². The number of carbonyl (C=O) groups excluding carboxylic acids is 3. The first-order valence-electron chi connectivity index (χ1n) is 14.0. The van der Waals surface area contributed by atoms with Crippen molar-refractivity contribution in [2.24, 2.45) is 0 Å². The SMILES string of the molecule is O=C(C=Cc1ccc(O)c(O)c1)OC1OC(CO)C(OC(=O)C=Cc2ccc(O)c(O)c2)C(OC(=O)C=Cc2ccc(O)c(O)c2)C1O. The molecule has 252 valence electrons. The Morgan fingerprint density at radius 3 is 1.33 bits per heavy atom. The van der Waals surface area contributed by atoms with Crippen LogP contribution in [0.4, 0.5) is 0 Å². The lowest BCUT2D eigenvalue weighted by Gasteiger charge is -2.42. The number of carbonyl (C=O) groups is 3. The molecular weight excluding hydrogens is 636 g/mol. The van der Waals surface area contributed by atoms with Crippen LogP contribution in [0.15, 0.2) is 72.8 Å². The van der Waals surface area contributed by atoms with Gasteiger partial charge in [0, 0.05) is 18.2 Å². The molecule has 1 heterocycles. The molecule has 15 heteroatoms. The van der Waals surface area contributed by atoms with E-state index >= 15 is 0 Å². The summed E-state index contributed by atoms with van der Waals surface area (Å²) in [4.78, 5) is 38.2. The van der Waals surface area contributed by atoms with Gasteiger partial charge >= 0.3 is 17.9 Å². The average molecular weight is 667 g/mol. The van der Waals surface area contributed by atoms with Crippen LogP contribution in [0.5, 0.6) is 34.5 Å². The van der Waals surface area contributed by atoms with Crippen molar-refractivity contribution in [3.8, 4) is 34.5 Å². The summed E-state index contributed by atoms with van der Waals surface area (Å²) in [5, 5.41) is 78.6. The topological polar surface area (TPSA) is 250 Å². The van der Waals surface area contributed by atoms with E-state index in [4.69, 9.17) is 18.9 Å². The zero-order valence-electron chi connectivity index (χ0n) is 24.7. The predicted octanol–water partition coefficient (Wildman–Crippen LogP) is 1.81. The summed E-state index contributed by atoms with van der Waals surface area (Å²) in [7, 11) is 0. The number of esters is 3. The summed E-state index contributed by atoms with van der Waals surface area (Å²) >= 11 is 0. The second kappa shape index (κ2) is 15.5. The summed E-state index contributed by atoms with van der Waals surface area (Å²) in [6.45, 7) is -0.867. The summed E-state index contributed by atoms with van der Waals surface area (Å²) in [5.41, 5.74) is 0.859. The van der Waals surface area contributed by atoms with Crippen molar-refractivity contribution in [3.63, 3.8) is 0 Å². The van der Waals surface area contributed by atoms with E-state index in [-0.39, 0.29) is 22.6 Å². The number of hydrogen-bond donors (Lipinski definition) is 8. The Hall–Kier alpha value is -6.03. The van der Waals surface area contributed by atoms with E-state index in [0.29, 0.717) is 5.56 Å². The molecule has 48 heavy (non-hydrogen) atoms. The molecule has 0 spiro atoms. The Bertz CT molecular complexity index is 1740. The Morgan fingerprint density at radius 1 is 0.583 bits per heavy atom. The fraction of sp³-hybridized carbons (Fsp3) is 0.182. The smallest absolute Gasteiger partial charge is 0.333 e. The zero-order valence-corrected chi connectivity index (χ0v) is 24.7. The van der Waals surface area contributed by atoms with Gasteiger partial charge in [-0.2, -0.15) is 0 Å². The van der Waals surface area contributed by atoms with Crippen molar-refractivity contribution in [2.45, 2.75) is 30.7 Å². The Morgan fingerprint density at radius 2 is 0.958 bits per heavy atom. The second-order valence-electron chi connectivity index (χ2n) is 10.2. The normalized spacial score (nSPS) is 21.0. The molecule has 3 aromatic carbocycles. The molecule has 15 nitrogen and oxygen atoms in total. The maximum atomic E-state index is 12.8. The molecule has 0 amide bonds.